The molecule has 4 saturated carbocycles. The van der Waals surface area contributed by atoms with Gasteiger partial charge in [-0.15, -0.1) is 0 Å². The van der Waals surface area contributed by atoms with E-state index in [1.807, 2.05) is 18.2 Å². The third kappa shape index (κ3) is 2.61. The minimum atomic E-state index is -0.628. The first kappa shape index (κ1) is 16.8. The van der Waals surface area contributed by atoms with E-state index in [2.05, 4.69) is 17.4 Å². The second kappa shape index (κ2) is 5.80. The molecule has 1 saturated heterocycles. The Kier molecular flexibility index (Phi) is 3.74. The van der Waals surface area contributed by atoms with Crippen molar-refractivity contribution >= 4 is 5.97 Å². The van der Waals surface area contributed by atoms with E-state index in [4.69, 9.17) is 4.74 Å². The lowest BCUT2D eigenvalue weighted by Gasteiger charge is -2.59. The molecule has 2 N–H and O–H groups in total. The van der Waals surface area contributed by atoms with Crippen LogP contribution in [0.4, 0.5) is 0 Å². The fourth-order valence-electron chi connectivity index (χ4n) is 6.76. The Hall–Kier alpha value is -1.39. The quantitative estimate of drug-likeness (QED) is 0.818. The van der Waals surface area contributed by atoms with Crippen LogP contribution >= 0.6 is 0 Å². The van der Waals surface area contributed by atoms with Crippen molar-refractivity contribution < 1.29 is 14.6 Å². The highest BCUT2D eigenvalue weighted by molar-refractivity contribution is 5.78. The third-order valence-electron chi connectivity index (χ3n) is 7.46. The zero-order valence-corrected chi connectivity index (χ0v) is 15.4. The number of hydrogen-bond donors (Lipinski definition) is 2. The molecule has 2 unspecified atom stereocenters. The van der Waals surface area contributed by atoms with Crippen LogP contribution in [0.5, 0.6) is 0 Å². The molecule has 4 heteroatoms. The molecule has 5 aliphatic rings. The standard InChI is InChI=1S/C22H29NO3/c24-19(20-11-16-10-17(12-20)14-21(25,13-16)15-20)26-22(6-8-23-9-7-22)18-4-2-1-3-5-18/h1-5,16-17,23,25H,6-15H2. The van der Waals surface area contributed by atoms with E-state index < -0.39 is 16.6 Å². The van der Waals surface area contributed by atoms with E-state index >= 15 is 0 Å². The molecule has 1 aromatic rings. The Morgan fingerprint density at radius 2 is 1.69 bits per heavy atom. The first-order valence-electron chi connectivity index (χ1n) is 10.2. The molecule has 140 valence electrons. The van der Waals surface area contributed by atoms with E-state index in [1.165, 1.54) is 6.42 Å². The molecule has 0 aromatic heterocycles. The summed E-state index contributed by atoms with van der Waals surface area (Å²) in [5, 5.41) is 14.4. The van der Waals surface area contributed by atoms with Crippen molar-refractivity contribution in [3.8, 4) is 0 Å². The van der Waals surface area contributed by atoms with E-state index in [0.717, 1.165) is 57.2 Å². The van der Waals surface area contributed by atoms with Gasteiger partial charge in [-0.05, 0) is 69.0 Å². The van der Waals surface area contributed by atoms with E-state index in [1.54, 1.807) is 0 Å². The van der Waals surface area contributed by atoms with Crippen molar-refractivity contribution in [2.45, 2.75) is 62.6 Å². The minimum Gasteiger partial charge on any atom is -0.454 e. The van der Waals surface area contributed by atoms with Gasteiger partial charge in [-0.2, -0.15) is 0 Å². The van der Waals surface area contributed by atoms with Crippen LogP contribution in [0.3, 0.4) is 0 Å². The highest BCUT2D eigenvalue weighted by Crippen LogP contribution is 2.62. The van der Waals surface area contributed by atoms with Crippen LogP contribution in [0, 0.1) is 17.3 Å². The lowest BCUT2D eigenvalue weighted by molar-refractivity contribution is -0.210. The van der Waals surface area contributed by atoms with Crippen LogP contribution in [0.15, 0.2) is 30.3 Å². The number of ether oxygens (including phenoxy) is 1. The van der Waals surface area contributed by atoms with E-state index in [9.17, 15) is 9.90 Å². The lowest BCUT2D eigenvalue weighted by Crippen LogP contribution is -2.59. The maximum absolute atomic E-state index is 13.5. The van der Waals surface area contributed by atoms with Gasteiger partial charge >= 0.3 is 5.97 Å². The first-order valence-corrected chi connectivity index (χ1v) is 10.2. The van der Waals surface area contributed by atoms with Gasteiger partial charge in [0.1, 0.15) is 5.60 Å². The Morgan fingerprint density at radius 1 is 1.04 bits per heavy atom. The maximum atomic E-state index is 13.5. The fraction of sp³-hybridized carbons (Fsp3) is 0.682. The largest absolute Gasteiger partial charge is 0.454 e. The molecule has 4 nitrogen and oxygen atoms in total. The Bertz CT molecular complexity index is 681. The number of aliphatic hydroxyl groups is 1. The van der Waals surface area contributed by atoms with Crippen LogP contribution in [0.2, 0.25) is 0 Å². The summed E-state index contributed by atoms with van der Waals surface area (Å²) in [4.78, 5) is 13.5. The zero-order chi connectivity index (χ0) is 17.8. The molecule has 0 spiro atoms. The molecule has 0 radical (unpaired) electrons. The number of esters is 1. The molecule has 0 amide bonds. The average molecular weight is 355 g/mol. The number of piperidine rings is 1. The second-order valence-electron chi connectivity index (χ2n) is 9.47. The number of hydrogen-bond acceptors (Lipinski definition) is 4. The minimum absolute atomic E-state index is 0.0456. The fourth-order valence-corrected chi connectivity index (χ4v) is 6.76. The molecule has 2 atom stereocenters. The van der Waals surface area contributed by atoms with Crippen molar-refractivity contribution in [2.24, 2.45) is 17.3 Å². The predicted octanol–water partition coefficient (Wildman–Crippen LogP) is 3.14. The van der Waals surface area contributed by atoms with Crippen molar-refractivity contribution in [3.05, 3.63) is 35.9 Å². The van der Waals surface area contributed by atoms with Gasteiger partial charge in [0.05, 0.1) is 11.0 Å². The van der Waals surface area contributed by atoms with Gasteiger partial charge < -0.3 is 15.2 Å². The summed E-state index contributed by atoms with van der Waals surface area (Å²) in [5.41, 5.74) is -0.490. The number of rotatable bonds is 3. The zero-order valence-electron chi connectivity index (χ0n) is 15.4. The summed E-state index contributed by atoms with van der Waals surface area (Å²) in [7, 11) is 0. The van der Waals surface area contributed by atoms with Gasteiger partial charge in [0.25, 0.3) is 0 Å². The monoisotopic (exact) mass is 355 g/mol. The van der Waals surface area contributed by atoms with Gasteiger partial charge in [0, 0.05) is 12.8 Å². The van der Waals surface area contributed by atoms with Crippen LogP contribution in [-0.2, 0) is 15.1 Å². The number of benzene rings is 1. The summed E-state index contributed by atoms with van der Waals surface area (Å²) in [6, 6.07) is 10.2. The topological polar surface area (TPSA) is 58.6 Å². The molecule has 26 heavy (non-hydrogen) atoms. The smallest absolute Gasteiger partial charge is 0.313 e. The summed E-state index contributed by atoms with van der Waals surface area (Å²) >= 11 is 0. The van der Waals surface area contributed by atoms with Gasteiger partial charge in [0.2, 0.25) is 0 Å². The summed E-state index contributed by atoms with van der Waals surface area (Å²) in [5.74, 6) is 0.944. The molecular weight excluding hydrogens is 326 g/mol. The SMILES string of the molecule is O=C(OC1(c2ccccc2)CCNCC1)C12CC3CC(CC(O)(C3)C1)C2. The highest BCUT2D eigenvalue weighted by Gasteiger charge is 2.61. The molecule has 1 aromatic carbocycles. The normalized spacial score (nSPS) is 40.3. The van der Waals surface area contributed by atoms with Crippen molar-refractivity contribution in [3.63, 3.8) is 0 Å². The highest BCUT2D eigenvalue weighted by atomic mass is 16.6. The molecule has 1 heterocycles. The van der Waals surface area contributed by atoms with E-state index in [0.29, 0.717) is 18.3 Å². The van der Waals surface area contributed by atoms with E-state index in [-0.39, 0.29) is 5.97 Å². The molecule has 5 fully saturated rings. The lowest BCUT2D eigenvalue weighted by atomic mass is 9.48. The number of carbonyl (C=O) groups is 1. The predicted molar refractivity (Wildman–Crippen MR) is 98.4 cm³/mol. The van der Waals surface area contributed by atoms with Gasteiger partial charge in [-0.25, -0.2) is 0 Å². The third-order valence-corrected chi connectivity index (χ3v) is 7.46. The van der Waals surface area contributed by atoms with Gasteiger partial charge in [-0.3, -0.25) is 4.79 Å². The van der Waals surface area contributed by atoms with Crippen LogP contribution < -0.4 is 5.32 Å². The van der Waals surface area contributed by atoms with Crippen LogP contribution in [0.25, 0.3) is 0 Å². The number of carbonyl (C=O) groups excluding carboxylic acids is 1. The molecule has 4 aliphatic carbocycles. The Balaban J connectivity index is 1.45. The van der Waals surface area contributed by atoms with Crippen molar-refractivity contribution in [1.82, 2.24) is 5.32 Å². The number of nitrogens with one attached hydrogen (secondary N) is 1. The molecule has 4 bridgehead atoms. The Labute approximate surface area is 155 Å². The summed E-state index contributed by atoms with van der Waals surface area (Å²) in [6.45, 7) is 1.73. The maximum Gasteiger partial charge on any atom is 0.313 e. The van der Waals surface area contributed by atoms with Gasteiger partial charge in [0.15, 0.2) is 0 Å². The average Bonchev–Trinajstić information content (AvgIpc) is 2.61. The van der Waals surface area contributed by atoms with Gasteiger partial charge in [-0.1, -0.05) is 30.3 Å². The Morgan fingerprint density at radius 3 is 2.31 bits per heavy atom. The summed E-state index contributed by atoms with van der Waals surface area (Å²) in [6.07, 6.45) is 7.01. The summed E-state index contributed by atoms with van der Waals surface area (Å²) < 4.78 is 6.40. The molecular formula is C22H29NO3. The second-order valence-corrected chi connectivity index (χ2v) is 9.47. The van der Waals surface area contributed by atoms with Crippen LogP contribution in [0.1, 0.15) is 56.9 Å². The van der Waals surface area contributed by atoms with Crippen molar-refractivity contribution in [2.75, 3.05) is 13.1 Å². The molecule has 6 rings (SSSR count). The first-order chi connectivity index (χ1) is 12.5. The van der Waals surface area contributed by atoms with Crippen molar-refractivity contribution in [1.29, 1.82) is 0 Å². The van der Waals surface area contributed by atoms with Crippen LogP contribution in [-0.4, -0.2) is 29.8 Å². The molecule has 1 aliphatic heterocycles.